The average Bonchev–Trinajstić information content (AvgIpc) is 3.44. The molecule has 4 aromatic carbocycles. The summed E-state index contributed by atoms with van der Waals surface area (Å²) in [5.74, 6) is 0. The van der Waals surface area contributed by atoms with E-state index in [0.29, 0.717) is 7.25 Å². The van der Waals surface area contributed by atoms with E-state index in [0.717, 1.165) is 0 Å². The van der Waals surface area contributed by atoms with Gasteiger partial charge >= 0.3 is 200 Å². The fraction of sp³-hybridized carbons (Fsp3) is 0.133. The Morgan fingerprint density at radius 1 is 0.618 bits per heavy atom. The molecule has 34 heavy (non-hydrogen) atoms. The van der Waals surface area contributed by atoms with Crippen LogP contribution < -0.4 is 24.8 Å². The average molecular weight is 577 g/mol. The van der Waals surface area contributed by atoms with Gasteiger partial charge in [-0.1, -0.05) is 0 Å². The van der Waals surface area contributed by atoms with Gasteiger partial charge in [-0.15, -0.1) is 0 Å². The van der Waals surface area contributed by atoms with Crippen molar-refractivity contribution >= 4 is 28.4 Å². The second-order valence-corrected chi connectivity index (χ2v) is 27.2. The molecule has 0 saturated carbocycles. The van der Waals surface area contributed by atoms with E-state index in [9.17, 15) is 0 Å². The fourth-order valence-electron chi connectivity index (χ4n) is 5.64. The molecule has 0 bridgehead atoms. The van der Waals surface area contributed by atoms with E-state index in [-0.39, 0.29) is 30.2 Å². The van der Waals surface area contributed by atoms with Gasteiger partial charge in [-0.2, -0.15) is 0 Å². The van der Waals surface area contributed by atoms with Crippen LogP contribution in [0.2, 0.25) is 13.1 Å². The third-order valence-electron chi connectivity index (χ3n) is 7.06. The Morgan fingerprint density at radius 3 is 2.09 bits per heavy atom. The van der Waals surface area contributed by atoms with Crippen molar-refractivity contribution in [3.05, 3.63) is 119 Å². The Balaban J connectivity index is 0.00000137. The van der Waals surface area contributed by atoms with Crippen LogP contribution in [-0.2, 0) is 20.4 Å². The van der Waals surface area contributed by atoms with Crippen LogP contribution in [0.1, 0.15) is 29.5 Å². The van der Waals surface area contributed by atoms with Gasteiger partial charge < -0.3 is 24.8 Å². The van der Waals surface area contributed by atoms with Crippen LogP contribution in [0.4, 0.5) is 0 Å². The van der Waals surface area contributed by atoms with E-state index >= 15 is 0 Å². The summed E-state index contributed by atoms with van der Waals surface area (Å²) in [4.78, 5) is 0. The number of hydrogen-bond donors (Lipinski definition) is 0. The Bertz CT molecular complexity index is 1460. The maximum absolute atomic E-state index is 2.58. The van der Waals surface area contributed by atoms with Crippen molar-refractivity contribution in [1.82, 2.24) is 0 Å². The maximum Gasteiger partial charge on any atom is -1.00 e. The topological polar surface area (TPSA) is 0 Å². The fourth-order valence-corrected chi connectivity index (χ4v) is 24.4. The number of benzene rings is 4. The first-order valence-electron chi connectivity index (χ1n) is 11.5. The van der Waals surface area contributed by atoms with Crippen molar-refractivity contribution in [3.63, 3.8) is 0 Å². The van der Waals surface area contributed by atoms with E-state index in [4.69, 9.17) is 0 Å². The van der Waals surface area contributed by atoms with Gasteiger partial charge in [-0.25, -0.2) is 0 Å². The molecule has 0 aromatic heterocycles. The summed E-state index contributed by atoms with van der Waals surface area (Å²) < 4.78 is 1.38. The molecule has 0 N–H and O–H groups in total. The van der Waals surface area contributed by atoms with Crippen LogP contribution in [0.25, 0.3) is 34.1 Å². The van der Waals surface area contributed by atoms with Gasteiger partial charge in [-0.05, 0) is 0 Å². The number of allylic oxidation sites excluding steroid dienone is 2. The zero-order valence-corrected chi connectivity index (χ0v) is 24.3. The molecule has 6 rings (SSSR count). The minimum atomic E-state index is -1.85. The molecule has 0 saturated heterocycles. The van der Waals surface area contributed by atoms with Crippen LogP contribution in [0.3, 0.4) is 0 Å². The Morgan fingerprint density at radius 2 is 1.24 bits per heavy atom. The Labute approximate surface area is 222 Å². The second kappa shape index (κ2) is 10.5. The van der Waals surface area contributed by atoms with Crippen molar-refractivity contribution in [2.45, 2.75) is 20.3 Å². The predicted octanol–water partition coefficient (Wildman–Crippen LogP) is 2.22. The number of hydrogen-bond acceptors (Lipinski definition) is 0. The first kappa shape index (κ1) is 25.4. The molecule has 4 heteroatoms. The van der Waals surface area contributed by atoms with Gasteiger partial charge in [0.25, 0.3) is 0 Å². The molecule has 0 spiro atoms. The monoisotopic (exact) mass is 574 g/mol. The largest absolute Gasteiger partial charge is 1.00 e. The molecular formula is C30H26Cl2SiZr. The predicted molar refractivity (Wildman–Crippen MR) is 137 cm³/mol. The smallest absolute Gasteiger partial charge is 1.00 e. The van der Waals surface area contributed by atoms with Crippen LogP contribution >= 0.6 is 0 Å². The molecule has 0 heterocycles. The molecule has 0 amide bonds. The molecule has 168 valence electrons. The summed E-state index contributed by atoms with van der Waals surface area (Å²) in [6, 6.07) is 31.6. The summed E-state index contributed by atoms with van der Waals surface area (Å²) in [7, 11) is 0. The molecule has 0 radical (unpaired) electrons. The van der Waals surface area contributed by atoms with Gasteiger partial charge in [0.05, 0.1) is 0 Å². The summed E-state index contributed by atoms with van der Waals surface area (Å²) >= 11 is -1.85. The summed E-state index contributed by atoms with van der Waals surface area (Å²) in [5.41, 5.74) is 8.52. The van der Waals surface area contributed by atoms with Gasteiger partial charge in [-0.3, -0.25) is 0 Å². The minimum absolute atomic E-state index is 0. The van der Waals surface area contributed by atoms with Crippen molar-refractivity contribution in [2.24, 2.45) is 0 Å². The third kappa shape index (κ3) is 4.24. The summed E-state index contributed by atoms with van der Waals surface area (Å²) in [6.45, 7) is 5.16. The van der Waals surface area contributed by atoms with Gasteiger partial charge in [0.1, 0.15) is 0 Å². The summed E-state index contributed by atoms with van der Waals surface area (Å²) in [6.07, 6.45) is 9.97. The van der Waals surface area contributed by atoms with Crippen LogP contribution in [-0.4, -0.2) is 5.43 Å². The number of rotatable bonds is 3. The van der Waals surface area contributed by atoms with E-state index in [1.807, 2.05) is 0 Å². The van der Waals surface area contributed by atoms with Crippen LogP contribution in [0, 0.1) is 0 Å². The molecule has 4 aromatic rings. The van der Waals surface area contributed by atoms with Crippen LogP contribution in [0.15, 0.2) is 97.1 Å². The van der Waals surface area contributed by atoms with E-state index < -0.39 is 20.4 Å². The third-order valence-corrected chi connectivity index (χ3v) is 26.2. The van der Waals surface area contributed by atoms with Gasteiger partial charge in [0.15, 0.2) is 0 Å². The molecule has 0 fully saturated rings. The zero-order valence-electron chi connectivity index (χ0n) is 19.3. The molecule has 2 unspecified atom stereocenters. The van der Waals surface area contributed by atoms with Crippen molar-refractivity contribution in [1.29, 1.82) is 0 Å². The van der Waals surface area contributed by atoms with Gasteiger partial charge in [0.2, 0.25) is 0 Å². The zero-order chi connectivity index (χ0) is 21.7. The molecule has 0 nitrogen and oxygen atoms in total. The SMILES string of the molecule is C[Si](C)=[Zr+2]([CH]1C=Cc2ccccc21)[CH]1C=Cc2c(-c3cccc4ccccc34)cccc21.[Cl-].[Cl-]. The second-order valence-electron chi connectivity index (χ2n) is 9.09. The first-order valence-corrected chi connectivity index (χ1v) is 20.5. The Hall–Kier alpha value is -1.70. The van der Waals surface area contributed by atoms with Gasteiger partial charge in [0, 0.05) is 0 Å². The number of halogens is 2. The van der Waals surface area contributed by atoms with E-state index in [1.165, 1.54) is 33.0 Å². The standard InChI is InChI=1S/C19H13.C9H7.C2H6Si.2ClH.Zr/c1-2-10-16-14(6-1)8-4-12-18(16)19-13-5-9-15-7-3-11-17(15)19;1-2-5-9-7-3-6-8(9)4-1;1-3-2;;;/h1-13H;1-7H;1-2H3;2*1H;/q;;;;;+2/p-2. The van der Waals surface area contributed by atoms with Crippen molar-refractivity contribution in [2.75, 3.05) is 0 Å². The molecule has 0 aliphatic heterocycles. The van der Waals surface area contributed by atoms with Crippen molar-refractivity contribution in [3.8, 4) is 11.1 Å². The van der Waals surface area contributed by atoms with Crippen LogP contribution in [0.5, 0.6) is 0 Å². The normalized spacial score (nSPS) is 16.7. The summed E-state index contributed by atoms with van der Waals surface area (Å²) in [5, 5.41) is 2.67. The number of fused-ring (bicyclic) bond motifs is 3. The first-order chi connectivity index (χ1) is 15.7. The molecule has 2 aliphatic carbocycles. The quantitative estimate of drug-likeness (QED) is 0.329. The Kier molecular flexibility index (Phi) is 7.85. The van der Waals surface area contributed by atoms with Crippen molar-refractivity contribution < 1.29 is 45.2 Å². The van der Waals surface area contributed by atoms with E-state index in [1.54, 1.807) is 11.1 Å². The maximum atomic E-state index is 2.58. The molecule has 2 atom stereocenters. The minimum Gasteiger partial charge on any atom is -1.00 e. The molecular weight excluding hydrogens is 551 g/mol. The molecule has 2 aliphatic rings. The van der Waals surface area contributed by atoms with E-state index in [2.05, 4.69) is 122 Å².